The quantitative estimate of drug-likeness (QED) is 0.862. The highest BCUT2D eigenvalue weighted by atomic mass is 35.5. The predicted molar refractivity (Wildman–Crippen MR) is 79.6 cm³/mol. The van der Waals surface area contributed by atoms with Gasteiger partial charge < -0.3 is 5.32 Å². The Bertz CT molecular complexity index is 564. The third-order valence-electron chi connectivity index (χ3n) is 4.04. The van der Waals surface area contributed by atoms with Gasteiger partial charge in [-0.25, -0.2) is 4.98 Å². The van der Waals surface area contributed by atoms with E-state index < -0.39 is 0 Å². The number of nitrogens with one attached hydrogen (secondary N) is 1. The minimum absolute atomic E-state index is 0.245. The molecule has 0 atom stereocenters. The molecule has 0 saturated heterocycles. The Morgan fingerprint density at radius 2 is 1.89 bits per heavy atom. The van der Waals surface area contributed by atoms with Gasteiger partial charge in [-0.3, -0.25) is 4.98 Å². The van der Waals surface area contributed by atoms with E-state index in [4.69, 9.17) is 11.6 Å². The summed E-state index contributed by atoms with van der Waals surface area (Å²) in [5, 5.41) is 3.41. The molecule has 1 aromatic carbocycles. The van der Waals surface area contributed by atoms with Crippen molar-refractivity contribution in [3.63, 3.8) is 0 Å². The van der Waals surface area contributed by atoms with Crippen LogP contribution in [-0.2, 0) is 0 Å². The number of anilines is 1. The molecular formula is C15H18ClN3. The monoisotopic (exact) mass is 275 g/mol. The van der Waals surface area contributed by atoms with Crippen molar-refractivity contribution in [3.05, 3.63) is 30.5 Å². The number of aromatic nitrogens is 2. The maximum absolute atomic E-state index is 6.15. The van der Waals surface area contributed by atoms with Gasteiger partial charge in [-0.05, 0) is 25.0 Å². The molecule has 1 N–H and O–H groups in total. The molecule has 0 amide bonds. The predicted octanol–water partition coefficient (Wildman–Crippen LogP) is 3.84. The van der Waals surface area contributed by atoms with Crippen LogP contribution in [0.3, 0.4) is 0 Å². The van der Waals surface area contributed by atoms with E-state index in [2.05, 4.69) is 15.3 Å². The molecule has 100 valence electrons. The molecule has 1 aliphatic carbocycles. The normalized spacial score (nSPS) is 17.7. The molecule has 1 aliphatic rings. The van der Waals surface area contributed by atoms with Gasteiger partial charge in [-0.2, -0.15) is 0 Å². The van der Waals surface area contributed by atoms with Gasteiger partial charge in [-0.1, -0.05) is 25.0 Å². The summed E-state index contributed by atoms with van der Waals surface area (Å²) in [5.74, 6) is 1.57. The fraction of sp³-hybridized carbons (Fsp3) is 0.467. The Labute approximate surface area is 118 Å². The second-order valence-electron chi connectivity index (χ2n) is 5.44. The van der Waals surface area contributed by atoms with Gasteiger partial charge in [0.1, 0.15) is 5.82 Å². The Hall–Kier alpha value is -1.35. The van der Waals surface area contributed by atoms with Crippen molar-refractivity contribution >= 4 is 28.5 Å². The van der Waals surface area contributed by atoms with E-state index in [0.717, 1.165) is 29.3 Å². The van der Waals surface area contributed by atoms with E-state index in [1.54, 1.807) is 6.20 Å². The van der Waals surface area contributed by atoms with Crippen LogP contribution >= 0.6 is 11.6 Å². The summed E-state index contributed by atoms with van der Waals surface area (Å²) < 4.78 is 0. The van der Waals surface area contributed by atoms with Crippen LogP contribution in [0.1, 0.15) is 25.7 Å². The summed E-state index contributed by atoms with van der Waals surface area (Å²) in [6, 6.07) is 7.92. The molecule has 1 aromatic heterocycles. The summed E-state index contributed by atoms with van der Waals surface area (Å²) >= 11 is 6.15. The van der Waals surface area contributed by atoms with Crippen LogP contribution in [0.5, 0.6) is 0 Å². The fourth-order valence-electron chi connectivity index (χ4n) is 2.80. The molecule has 1 saturated carbocycles. The Morgan fingerprint density at radius 1 is 1.16 bits per heavy atom. The zero-order valence-electron chi connectivity index (χ0n) is 10.9. The van der Waals surface area contributed by atoms with E-state index in [1.807, 2.05) is 24.3 Å². The number of para-hydroxylation sites is 2. The highest BCUT2D eigenvalue weighted by molar-refractivity contribution is 6.18. The van der Waals surface area contributed by atoms with E-state index in [-0.39, 0.29) is 5.41 Å². The first-order valence-corrected chi connectivity index (χ1v) is 7.36. The van der Waals surface area contributed by atoms with Gasteiger partial charge in [-0.15, -0.1) is 11.6 Å². The molecule has 0 bridgehead atoms. The van der Waals surface area contributed by atoms with Crippen LogP contribution in [0.15, 0.2) is 30.5 Å². The molecule has 1 heterocycles. The van der Waals surface area contributed by atoms with Crippen molar-refractivity contribution in [3.8, 4) is 0 Å². The van der Waals surface area contributed by atoms with Crippen LogP contribution in [0, 0.1) is 5.41 Å². The van der Waals surface area contributed by atoms with E-state index in [0.29, 0.717) is 0 Å². The van der Waals surface area contributed by atoms with Gasteiger partial charge in [0.2, 0.25) is 0 Å². The van der Waals surface area contributed by atoms with Crippen LogP contribution in [0.4, 0.5) is 5.82 Å². The molecule has 1 fully saturated rings. The lowest BCUT2D eigenvalue weighted by Gasteiger charge is -2.26. The highest BCUT2D eigenvalue weighted by Crippen LogP contribution is 2.39. The Morgan fingerprint density at radius 3 is 2.63 bits per heavy atom. The third kappa shape index (κ3) is 2.66. The molecule has 0 aliphatic heterocycles. The van der Waals surface area contributed by atoms with Gasteiger partial charge >= 0.3 is 0 Å². The molecule has 19 heavy (non-hydrogen) atoms. The summed E-state index contributed by atoms with van der Waals surface area (Å²) in [4.78, 5) is 9.00. The molecule has 0 spiro atoms. The first kappa shape index (κ1) is 12.7. The van der Waals surface area contributed by atoms with Gasteiger partial charge in [0, 0.05) is 17.8 Å². The van der Waals surface area contributed by atoms with E-state index >= 15 is 0 Å². The van der Waals surface area contributed by atoms with Crippen LogP contribution < -0.4 is 5.32 Å². The highest BCUT2D eigenvalue weighted by Gasteiger charge is 2.32. The first-order valence-electron chi connectivity index (χ1n) is 6.83. The molecule has 2 aromatic rings. The summed E-state index contributed by atoms with van der Waals surface area (Å²) in [7, 11) is 0. The number of rotatable bonds is 4. The SMILES string of the molecule is ClCC1(CNc2cnc3ccccc3n2)CCCC1. The van der Waals surface area contributed by atoms with Crippen molar-refractivity contribution in [2.24, 2.45) is 5.41 Å². The first-order chi connectivity index (χ1) is 9.31. The second kappa shape index (κ2) is 5.33. The van der Waals surface area contributed by atoms with Gasteiger partial charge in [0.05, 0.1) is 17.2 Å². The smallest absolute Gasteiger partial charge is 0.145 e. The van der Waals surface area contributed by atoms with Crippen LogP contribution in [0.2, 0.25) is 0 Å². The van der Waals surface area contributed by atoms with Crippen molar-refractivity contribution in [1.82, 2.24) is 9.97 Å². The number of nitrogens with zero attached hydrogens (tertiary/aromatic N) is 2. The van der Waals surface area contributed by atoms with Crippen LogP contribution in [-0.4, -0.2) is 22.4 Å². The van der Waals surface area contributed by atoms with Crippen molar-refractivity contribution < 1.29 is 0 Å². The van der Waals surface area contributed by atoms with Crippen molar-refractivity contribution in [1.29, 1.82) is 0 Å². The molecular weight excluding hydrogens is 258 g/mol. The molecule has 3 rings (SSSR count). The maximum atomic E-state index is 6.15. The molecule has 0 unspecified atom stereocenters. The number of fused-ring (bicyclic) bond motifs is 1. The molecule has 0 radical (unpaired) electrons. The van der Waals surface area contributed by atoms with Gasteiger partial charge in [0.25, 0.3) is 0 Å². The lowest BCUT2D eigenvalue weighted by atomic mass is 9.88. The second-order valence-corrected chi connectivity index (χ2v) is 5.71. The molecule has 3 nitrogen and oxygen atoms in total. The topological polar surface area (TPSA) is 37.8 Å². The lowest BCUT2D eigenvalue weighted by molar-refractivity contribution is 0.368. The number of benzene rings is 1. The third-order valence-corrected chi connectivity index (χ3v) is 4.61. The van der Waals surface area contributed by atoms with Crippen molar-refractivity contribution in [2.75, 3.05) is 17.7 Å². The fourth-order valence-corrected chi connectivity index (χ4v) is 3.16. The zero-order chi connectivity index (χ0) is 13.1. The maximum Gasteiger partial charge on any atom is 0.145 e. The summed E-state index contributed by atoms with van der Waals surface area (Å²) in [6.07, 6.45) is 6.81. The Kier molecular flexibility index (Phi) is 3.56. The minimum atomic E-state index is 0.245. The number of halogens is 1. The largest absolute Gasteiger partial charge is 0.368 e. The van der Waals surface area contributed by atoms with Crippen molar-refractivity contribution in [2.45, 2.75) is 25.7 Å². The van der Waals surface area contributed by atoms with E-state index in [1.165, 1.54) is 25.7 Å². The minimum Gasteiger partial charge on any atom is -0.368 e. The number of hydrogen-bond donors (Lipinski definition) is 1. The average molecular weight is 276 g/mol. The Balaban J connectivity index is 1.74. The summed E-state index contributed by atoms with van der Waals surface area (Å²) in [5.41, 5.74) is 2.11. The standard InChI is InChI=1S/C15H18ClN3/c16-10-15(7-3-4-8-15)11-18-14-9-17-12-5-1-2-6-13(12)19-14/h1-2,5-6,9H,3-4,7-8,10-11H2,(H,18,19). The average Bonchev–Trinajstić information content (AvgIpc) is 2.94. The zero-order valence-corrected chi connectivity index (χ0v) is 11.7. The molecule has 4 heteroatoms. The van der Waals surface area contributed by atoms with Crippen LogP contribution in [0.25, 0.3) is 11.0 Å². The van der Waals surface area contributed by atoms with Gasteiger partial charge in [0.15, 0.2) is 0 Å². The number of hydrogen-bond acceptors (Lipinski definition) is 3. The van der Waals surface area contributed by atoms with E-state index in [9.17, 15) is 0 Å². The summed E-state index contributed by atoms with van der Waals surface area (Å²) in [6.45, 7) is 0.892. The lowest BCUT2D eigenvalue weighted by Crippen LogP contribution is -2.28. The number of alkyl halides is 1.